The van der Waals surface area contributed by atoms with Gasteiger partial charge in [-0.15, -0.1) is 0 Å². The molecule has 0 amide bonds. The lowest BCUT2D eigenvalue weighted by Crippen LogP contribution is -2.35. The minimum Gasteiger partial charge on any atom is -0.347 e. The molecule has 0 saturated carbocycles. The zero-order valence-electron chi connectivity index (χ0n) is 11.3. The molecule has 0 rings (SSSR count). The van der Waals surface area contributed by atoms with E-state index in [9.17, 15) is 0 Å². The van der Waals surface area contributed by atoms with Crippen LogP contribution in [0.25, 0.3) is 0 Å². The van der Waals surface area contributed by atoms with Gasteiger partial charge in [-0.1, -0.05) is 13.8 Å². The van der Waals surface area contributed by atoms with Gasteiger partial charge in [-0.05, 0) is 19.1 Å². The Morgan fingerprint density at radius 1 is 1.44 bits per heavy atom. The van der Waals surface area contributed by atoms with Crippen LogP contribution in [0.15, 0.2) is 4.99 Å². The van der Waals surface area contributed by atoms with Crippen LogP contribution in [0.2, 0.25) is 0 Å². The molecule has 0 aliphatic carbocycles. The molecule has 96 valence electrons. The molecule has 0 aromatic carbocycles. The van der Waals surface area contributed by atoms with Crippen LogP contribution in [-0.4, -0.2) is 49.6 Å². The van der Waals surface area contributed by atoms with E-state index < -0.39 is 0 Å². The Hall–Kier alpha value is -0.420. The van der Waals surface area contributed by atoms with Crippen molar-refractivity contribution in [2.24, 2.45) is 4.99 Å². The van der Waals surface area contributed by atoms with Gasteiger partial charge in [-0.25, -0.2) is 5.48 Å². The average Bonchev–Trinajstić information content (AvgIpc) is 2.22. The van der Waals surface area contributed by atoms with Gasteiger partial charge in [0.05, 0.1) is 7.11 Å². The Kier molecular flexibility index (Phi) is 7.58. The van der Waals surface area contributed by atoms with Crippen LogP contribution >= 0.6 is 11.8 Å². The summed E-state index contributed by atoms with van der Waals surface area (Å²) in [6.45, 7) is 5.36. The lowest BCUT2D eigenvalue weighted by atomic mass is 10.1. The van der Waals surface area contributed by atoms with E-state index in [0.717, 1.165) is 18.9 Å². The quantitative estimate of drug-likeness (QED) is 0.337. The van der Waals surface area contributed by atoms with Crippen LogP contribution in [0, 0.1) is 0 Å². The number of nitrogens with one attached hydrogen (secondary N) is 1. The summed E-state index contributed by atoms with van der Waals surface area (Å²) in [6, 6.07) is 0. The summed E-state index contributed by atoms with van der Waals surface area (Å²) < 4.78 is 0.350. The molecule has 0 aliphatic heterocycles. The van der Waals surface area contributed by atoms with Gasteiger partial charge in [0.25, 0.3) is 0 Å². The Balaban J connectivity index is 3.96. The maximum absolute atomic E-state index is 4.86. The Bertz CT molecular complexity index is 217. The first-order valence-corrected chi connectivity index (χ1v) is 6.71. The van der Waals surface area contributed by atoms with Gasteiger partial charge in [0.1, 0.15) is 0 Å². The second kappa shape index (κ2) is 7.79. The second-order valence-corrected chi connectivity index (χ2v) is 5.99. The van der Waals surface area contributed by atoms with Gasteiger partial charge in [0.15, 0.2) is 0 Å². The van der Waals surface area contributed by atoms with Gasteiger partial charge in [0.2, 0.25) is 5.96 Å². The zero-order chi connectivity index (χ0) is 12.6. The van der Waals surface area contributed by atoms with Crippen LogP contribution in [0.3, 0.4) is 0 Å². The summed E-state index contributed by atoms with van der Waals surface area (Å²) in [6.07, 6.45) is 4.42. The highest BCUT2D eigenvalue weighted by molar-refractivity contribution is 7.99. The van der Waals surface area contributed by atoms with E-state index in [1.54, 1.807) is 7.11 Å². The van der Waals surface area contributed by atoms with Crippen molar-refractivity contribution in [2.75, 3.05) is 34.0 Å². The van der Waals surface area contributed by atoms with E-state index in [2.05, 4.69) is 30.6 Å². The van der Waals surface area contributed by atoms with Crippen LogP contribution in [0.4, 0.5) is 0 Å². The molecule has 0 aliphatic rings. The Morgan fingerprint density at radius 2 is 2.06 bits per heavy atom. The lowest BCUT2D eigenvalue weighted by molar-refractivity contribution is 0.134. The summed E-state index contributed by atoms with van der Waals surface area (Å²) >= 11 is 1.90. The summed E-state index contributed by atoms with van der Waals surface area (Å²) in [4.78, 5) is 11.2. The first kappa shape index (κ1) is 15.6. The third-order valence-corrected chi connectivity index (χ3v) is 3.68. The molecule has 5 heteroatoms. The van der Waals surface area contributed by atoms with Crippen molar-refractivity contribution in [2.45, 2.75) is 31.4 Å². The highest BCUT2D eigenvalue weighted by Crippen LogP contribution is 2.26. The highest BCUT2D eigenvalue weighted by Gasteiger charge is 2.14. The van der Waals surface area contributed by atoms with Crippen LogP contribution < -0.4 is 5.48 Å². The fourth-order valence-corrected chi connectivity index (χ4v) is 1.50. The van der Waals surface area contributed by atoms with Crippen molar-refractivity contribution in [1.29, 1.82) is 0 Å². The Labute approximate surface area is 104 Å². The van der Waals surface area contributed by atoms with Gasteiger partial charge in [-0.3, -0.25) is 9.83 Å². The molecule has 16 heavy (non-hydrogen) atoms. The summed E-state index contributed by atoms with van der Waals surface area (Å²) in [5.74, 6) is 0.768. The zero-order valence-corrected chi connectivity index (χ0v) is 12.1. The maximum atomic E-state index is 4.86. The molecule has 0 aromatic rings. The van der Waals surface area contributed by atoms with Gasteiger partial charge < -0.3 is 4.90 Å². The molecule has 0 heterocycles. The third-order valence-electron chi connectivity index (χ3n) is 2.37. The normalized spacial score (nSPS) is 12.8. The number of thioether (sulfide) groups is 1. The average molecular weight is 247 g/mol. The van der Waals surface area contributed by atoms with E-state index in [1.807, 2.05) is 30.8 Å². The molecule has 0 radical (unpaired) electrons. The molecule has 0 aromatic heterocycles. The van der Waals surface area contributed by atoms with Crippen LogP contribution in [-0.2, 0) is 4.84 Å². The minimum absolute atomic E-state index is 0.350. The van der Waals surface area contributed by atoms with E-state index in [-0.39, 0.29) is 0 Å². The summed E-state index contributed by atoms with van der Waals surface area (Å²) in [5.41, 5.74) is 2.76. The van der Waals surface area contributed by atoms with Crippen LogP contribution in [0.5, 0.6) is 0 Å². The maximum Gasteiger partial charge on any atom is 0.217 e. The van der Waals surface area contributed by atoms with E-state index in [0.29, 0.717) is 4.75 Å². The van der Waals surface area contributed by atoms with Gasteiger partial charge in [-0.2, -0.15) is 11.8 Å². The number of hydroxylamine groups is 1. The van der Waals surface area contributed by atoms with Gasteiger partial charge >= 0.3 is 0 Å². The Morgan fingerprint density at radius 3 is 2.50 bits per heavy atom. The fourth-order valence-electron chi connectivity index (χ4n) is 1.15. The topological polar surface area (TPSA) is 36.9 Å². The number of hydrogen-bond donors (Lipinski definition) is 1. The largest absolute Gasteiger partial charge is 0.347 e. The molecular formula is C11H25N3OS. The monoisotopic (exact) mass is 247 g/mol. The van der Waals surface area contributed by atoms with E-state index in [1.165, 1.54) is 6.42 Å². The molecule has 0 fully saturated rings. The minimum atomic E-state index is 0.350. The second-order valence-electron chi connectivity index (χ2n) is 4.47. The smallest absolute Gasteiger partial charge is 0.217 e. The lowest BCUT2D eigenvalue weighted by Gasteiger charge is -2.21. The molecule has 0 bridgehead atoms. The predicted molar refractivity (Wildman–Crippen MR) is 73.0 cm³/mol. The van der Waals surface area contributed by atoms with Crippen LogP contribution in [0.1, 0.15) is 26.7 Å². The third kappa shape index (κ3) is 6.95. The number of aliphatic imine (C=N–C) groups is 1. The molecule has 0 saturated heterocycles. The number of rotatable bonds is 6. The number of nitrogens with zero attached hydrogens (tertiary/aromatic N) is 2. The number of hydrogen-bond acceptors (Lipinski definition) is 3. The molecule has 4 nitrogen and oxygen atoms in total. The standard InChI is InChI=1S/C11H25N3OS/c1-11(2,16-6)8-7-9-12-10(13-15-5)14(3)4/h7-9H2,1-6H3,(H,12,13). The molecule has 0 unspecified atom stereocenters. The molecular weight excluding hydrogens is 222 g/mol. The SMILES string of the molecule is CONC(=NCCCC(C)(C)SC)N(C)C. The van der Waals surface area contributed by atoms with Crippen molar-refractivity contribution in [1.82, 2.24) is 10.4 Å². The van der Waals surface area contributed by atoms with E-state index >= 15 is 0 Å². The van der Waals surface area contributed by atoms with Gasteiger partial charge in [0, 0.05) is 25.4 Å². The van der Waals surface area contributed by atoms with Crippen molar-refractivity contribution in [3.63, 3.8) is 0 Å². The van der Waals surface area contributed by atoms with E-state index in [4.69, 9.17) is 4.84 Å². The fraction of sp³-hybridized carbons (Fsp3) is 0.909. The number of guanidine groups is 1. The van der Waals surface area contributed by atoms with Crippen molar-refractivity contribution >= 4 is 17.7 Å². The van der Waals surface area contributed by atoms with Crippen molar-refractivity contribution in [3.8, 4) is 0 Å². The van der Waals surface area contributed by atoms with Crippen molar-refractivity contribution < 1.29 is 4.84 Å². The van der Waals surface area contributed by atoms with Crippen molar-refractivity contribution in [3.05, 3.63) is 0 Å². The summed E-state index contributed by atoms with van der Waals surface area (Å²) in [5, 5.41) is 0. The molecule has 0 atom stereocenters. The predicted octanol–water partition coefficient (Wildman–Crippen LogP) is 1.98. The highest BCUT2D eigenvalue weighted by atomic mass is 32.2. The molecule has 1 N–H and O–H groups in total. The first-order chi connectivity index (χ1) is 7.43. The summed E-state index contributed by atoms with van der Waals surface area (Å²) in [7, 11) is 5.48. The molecule has 0 spiro atoms. The first-order valence-electron chi connectivity index (χ1n) is 5.49.